The second-order valence-corrected chi connectivity index (χ2v) is 6.22. The average Bonchev–Trinajstić information content (AvgIpc) is 2.73. The predicted octanol–water partition coefficient (Wildman–Crippen LogP) is 5.66. The number of hydrogen-bond acceptors (Lipinski definition) is 4. The molecule has 0 aliphatic carbocycles. The Labute approximate surface area is 158 Å². The average molecular weight is 356 g/mol. The molecule has 4 aromatic rings. The third-order valence-electron chi connectivity index (χ3n) is 4.43. The lowest BCUT2D eigenvalue weighted by molar-refractivity contribution is 0.395. The van der Waals surface area contributed by atoms with Crippen LogP contribution < -0.4 is 14.8 Å². The summed E-state index contributed by atoms with van der Waals surface area (Å²) in [6.45, 7) is 0. The van der Waals surface area contributed by atoms with Crippen LogP contribution in [0.4, 0.5) is 11.4 Å². The number of aromatic nitrogens is 1. The highest BCUT2D eigenvalue weighted by Gasteiger charge is 2.05. The summed E-state index contributed by atoms with van der Waals surface area (Å²) in [5, 5.41) is 4.50. The largest absolute Gasteiger partial charge is 0.497 e. The maximum atomic E-state index is 5.34. The Kier molecular flexibility index (Phi) is 4.62. The molecule has 0 saturated carbocycles. The molecule has 1 aromatic heterocycles. The number of nitrogens with one attached hydrogen (secondary N) is 1. The fourth-order valence-electron chi connectivity index (χ4n) is 3.04. The van der Waals surface area contributed by atoms with E-state index in [1.54, 1.807) is 14.2 Å². The summed E-state index contributed by atoms with van der Waals surface area (Å²) in [6.07, 6.45) is 1.91. The van der Waals surface area contributed by atoms with E-state index in [2.05, 4.69) is 34.6 Å². The summed E-state index contributed by atoms with van der Waals surface area (Å²) >= 11 is 0. The number of benzene rings is 3. The number of anilines is 2. The first kappa shape index (κ1) is 16.9. The summed E-state index contributed by atoms with van der Waals surface area (Å²) in [5.41, 5.74) is 5.09. The van der Waals surface area contributed by atoms with Gasteiger partial charge in [0.2, 0.25) is 0 Å². The first-order chi connectivity index (χ1) is 13.2. The van der Waals surface area contributed by atoms with E-state index >= 15 is 0 Å². The Morgan fingerprint density at radius 3 is 2.15 bits per heavy atom. The maximum Gasteiger partial charge on any atom is 0.124 e. The molecule has 1 heterocycles. The van der Waals surface area contributed by atoms with Gasteiger partial charge in [-0.15, -0.1) is 0 Å². The molecule has 0 fully saturated rings. The fraction of sp³-hybridized carbons (Fsp3) is 0.0870. The van der Waals surface area contributed by atoms with Gasteiger partial charge >= 0.3 is 0 Å². The zero-order chi connectivity index (χ0) is 18.6. The molecule has 0 aliphatic rings. The second kappa shape index (κ2) is 7.38. The van der Waals surface area contributed by atoms with Crippen LogP contribution in [-0.4, -0.2) is 19.2 Å². The van der Waals surface area contributed by atoms with Crippen molar-refractivity contribution >= 4 is 22.3 Å². The van der Waals surface area contributed by atoms with E-state index in [0.29, 0.717) is 0 Å². The normalized spacial score (nSPS) is 10.6. The molecule has 1 N–H and O–H groups in total. The number of pyridine rings is 1. The van der Waals surface area contributed by atoms with E-state index in [1.807, 2.05) is 54.7 Å². The molecule has 0 unspecified atom stereocenters. The van der Waals surface area contributed by atoms with Gasteiger partial charge in [0.15, 0.2) is 0 Å². The van der Waals surface area contributed by atoms with E-state index in [4.69, 9.17) is 9.47 Å². The number of methoxy groups -OCH3 is 2. The lowest BCUT2D eigenvalue weighted by atomic mass is 10.1. The van der Waals surface area contributed by atoms with Gasteiger partial charge in [0, 0.05) is 46.7 Å². The molecule has 4 nitrogen and oxygen atoms in total. The minimum Gasteiger partial charge on any atom is -0.497 e. The topological polar surface area (TPSA) is 43.4 Å². The molecule has 4 heteroatoms. The predicted molar refractivity (Wildman–Crippen MR) is 110 cm³/mol. The SMILES string of the molecule is COc1cc(Nc2ccc3ncc(-c4ccccc4)cc3c2)cc(OC)c1. The van der Waals surface area contributed by atoms with Gasteiger partial charge in [-0.3, -0.25) is 4.98 Å². The fourth-order valence-corrected chi connectivity index (χ4v) is 3.04. The minimum atomic E-state index is 0.741. The number of ether oxygens (including phenoxy) is 2. The van der Waals surface area contributed by atoms with Crippen LogP contribution in [0, 0.1) is 0 Å². The summed E-state index contributed by atoms with van der Waals surface area (Å²) in [5.74, 6) is 1.48. The summed E-state index contributed by atoms with van der Waals surface area (Å²) in [4.78, 5) is 4.59. The van der Waals surface area contributed by atoms with Gasteiger partial charge < -0.3 is 14.8 Å². The Morgan fingerprint density at radius 1 is 0.704 bits per heavy atom. The smallest absolute Gasteiger partial charge is 0.124 e. The lowest BCUT2D eigenvalue weighted by Crippen LogP contribution is -1.94. The van der Waals surface area contributed by atoms with Crippen molar-refractivity contribution in [1.82, 2.24) is 4.98 Å². The van der Waals surface area contributed by atoms with Crippen molar-refractivity contribution in [2.45, 2.75) is 0 Å². The summed E-state index contributed by atoms with van der Waals surface area (Å²) in [7, 11) is 3.29. The van der Waals surface area contributed by atoms with Crippen molar-refractivity contribution < 1.29 is 9.47 Å². The molecule has 0 bridgehead atoms. The van der Waals surface area contributed by atoms with Gasteiger partial charge in [0.1, 0.15) is 11.5 Å². The Morgan fingerprint density at radius 2 is 1.44 bits per heavy atom. The highest BCUT2D eigenvalue weighted by Crippen LogP contribution is 2.30. The van der Waals surface area contributed by atoms with Crippen LogP contribution >= 0.6 is 0 Å². The van der Waals surface area contributed by atoms with Crippen molar-refractivity contribution in [1.29, 1.82) is 0 Å². The third-order valence-corrected chi connectivity index (χ3v) is 4.43. The number of nitrogens with zero attached hydrogens (tertiary/aromatic N) is 1. The Balaban J connectivity index is 1.69. The lowest BCUT2D eigenvalue weighted by Gasteiger charge is -2.11. The number of hydrogen-bond donors (Lipinski definition) is 1. The minimum absolute atomic E-state index is 0.741. The monoisotopic (exact) mass is 356 g/mol. The maximum absolute atomic E-state index is 5.34. The highest BCUT2D eigenvalue weighted by molar-refractivity contribution is 5.87. The quantitative estimate of drug-likeness (QED) is 0.501. The molecule has 4 rings (SSSR count). The van der Waals surface area contributed by atoms with Crippen LogP contribution in [-0.2, 0) is 0 Å². The molecular weight excluding hydrogens is 336 g/mol. The molecule has 0 amide bonds. The van der Waals surface area contributed by atoms with Crippen molar-refractivity contribution in [3.05, 3.63) is 79.0 Å². The standard InChI is InChI=1S/C23H20N2O2/c1-26-21-12-20(13-22(14-21)27-2)25-19-8-9-23-17(11-19)10-18(15-24-23)16-6-4-3-5-7-16/h3-15,25H,1-2H3. The van der Waals surface area contributed by atoms with E-state index < -0.39 is 0 Å². The third kappa shape index (κ3) is 3.70. The van der Waals surface area contributed by atoms with Crippen LogP contribution in [0.2, 0.25) is 0 Å². The van der Waals surface area contributed by atoms with Crippen LogP contribution in [0.15, 0.2) is 79.0 Å². The van der Waals surface area contributed by atoms with Gasteiger partial charge in [0.05, 0.1) is 19.7 Å². The van der Waals surface area contributed by atoms with Gasteiger partial charge in [-0.05, 0) is 29.8 Å². The van der Waals surface area contributed by atoms with E-state index in [1.165, 1.54) is 0 Å². The van der Waals surface area contributed by atoms with Crippen molar-refractivity contribution in [3.8, 4) is 22.6 Å². The Bertz CT molecular complexity index is 1060. The van der Waals surface area contributed by atoms with Gasteiger partial charge in [-0.2, -0.15) is 0 Å². The molecule has 3 aromatic carbocycles. The van der Waals surface area contributed by atoms with Gasteiger partial charge in [-0.1, -0.05) is 30.3 Å². The first-order valence-electron chi connectivity index (χ1n) is 8.70. The van der Waals surface area contributed by atoms with Crippen molar-refractivity contribution in [3.63, 3.8) is 0 Å². The summed E-state index contributed by atoms with van der Waals surface area (Å²) in [6, 6.07) is 24.3. The first-order valence-corrected chi connectivity index (χ1v) is 8.70. The molecule has 0 spiro atoms. The summed E-state index contributed by atoms with van der Waals surface area (Å²) < 4.78 is 10.7. The zero-order valence-corrected chi connectivity index (χ0v) is 15.3. The zero-order valence-electron chi connectivity index (χ0n) is 15.3. The molecule has 0 radical (unpaired) electrons. The van der Waals surface area contributed by atoms with E-state index in [9.17, 15) is 0 Å². The number of rotatable bonds is 5. The Hall–Kier alpha value is -3.53. The van der Waals surface area contributed by atoms with E-state index in [0.717, 1.165) is 44.9 Å². The van der Waals surface area contributed by atoms with Crippen molar-refractivity contribution in [2.24, 2.45) is 0 Å². The number of fused-ring (bicyclic) bond motifs is 1. The van der Waals surface area contributed by atoms with E-state index in [-0.39, 0.29) is 0 Å². The molecule has 0 atom stereocenters. The van der Waals surface area contributed by atoms with Crippen molar-refractivity contribution in [2.75, 3.05) is 19.5 Å². The van der Waals surface area contributed by atoms with Crippen LogP contribution in [0.25, 0.3) is 22.0 Å². The molecule has 27 heavy (non-hydrogen) atoms. The van der Waals surface area contributed by atoms with Gasteiger partial charge in [0.25, 0.3) is 0 Å². The molecular formula is C23H20N2O2. The molecule has 0 saturated heterocycles. The van der Waals surface area contributed by atoms with Crippen LogP contribution in [0.1, 0.15) is 0 Å². The molecule has 134 valence electrons. The highest BCUT2D eigenvalue weighted by atomic mass is 16.5. The second-order valence-electron chi connectivity index (χ2n) is 6.22. The van der Waals surface area contributed by atoms with Crippen LogP contribution in [0.3, 0.4) is 0 Å². The van der Waals surface area contributed by atoms with Gasteiger partial charge in [-0.25, -0.2) is 0 Å². The molecule has 0 aliphatic heterocycles. The van der Waals surface area contributed by atoms with Crippen LogP contribution in [0.5, 0.6) is 11.5 Å².